The number of hydrogen-bond donors (Lipinski definition) is 1. The maximum atomic E-state index is 3.70. The Kier molecular flexibility index (Phi) is 5.87. The Labute approximate surface area is 129 Å². The number of rotatable bonds is 5. The SMILES string of the molecule is CCC1CN(Cc2ccc(Br)s2)C(CC(C)C)CN1. The monoisotopic (exact) mass is 344 g/mol. The maximum Gasteiger partial charge on any atom is 0.0701 e. The fourth-order valence-electron chi connectivity index (χ4n) is 2.81. The quantitative estimate of drug-likeness (QED) is 0.864. The Morgan fingerprint density at radius 3 is 2.84 bits per heavy atom. The molecule has 1 aliphatic heterocycles. The molecule has 108 valence electrons. The zero-order valence-corrected chi connectivity index (χ0v) is 14.6. The van der Waals surface area contributed by atoms with Crippen molar-refractivity contribution in [3.8, 4) is 0 Å². The molecule has 2 rings (SSSR count). The van der Waals surface area contributed by atoms with Crippen molar-refractivity contribution in [1.29, 1.82) is 0 Å². The summed E-state index contributed by atoms with van der Waals surface area (Å²) in [6.07, 6.45) is 2.51. The van der Waals surface area contributed by atoms with Gasteiger partial charge < -0.3 is 5.32 Å². The molecule has 0 saturated carbocycles. The molecule has 1 fully saturated rings. The lowest BCUT2D eigenvalue weighted by Gasteiger charge is -2.41. The van der Waals surface area contributed by atoms with Crippen LogP contribution in [0, 0.1) is 5.92 Å². The van der Waals surface area contributed by atoms with E-state index in [0.717, 1.165) is 19.0 Å². The van der Waals surface area contributed by atoms with Crippen LogP contribution in [0.3, 0.4) is 0 Å². The van der Waals surface area contributed by atoms with Crippen LogP contribution in [-0.4, -0.2) is 30.1 Å². The first-order valence-corrected chi connectivity index (χ1v) is 8.91. The van der Waals surface area contributed by atoms with Gasteiger partial charge in [0.1, 0.15) is 0 Å². The minimum absolute atomic E-state index is 0.659. The van der Waals surface area contributed by atoms with Gasteiger partial charge in [-0.3, -0.25) is 4.90 Å². The van der Waals surface area contributed by atoms with E-state index in [-0.39, 0.29) is 0 Å². The van der Waals surface area contributed by atoms with Gasteiger partial charge in [-0.05, 0) is 46.8 Å². The smallest absolute Gasteiger partial charge is 0.0701 e. The highest BCUT2D eigenvalue weighted by Crippen LogP contribution is 2.26. The third-order valence-corrected chi connectivity index (χ3v) is 5.45. The average Bonchev–Trinajstić information content (AvgIpc) is 2.76. The molecule has 0 aliphatic carbocycles. The van der Waals surface area contributed by atoms with Gasteiger partial charge >= 0.3 is 0 Å². The number of nitrogens with one attached hydrogen (secondary N) is 1. The van der Waals surface area contributed by atoms with Crippen LogP contribution in [0.25, 0.3) is 0 Å². The van der Waals surface area contributed by atoms with E-state index in [0.29, 0.717) is 12.1 Å². The molecular weight excluding hydrogens is 320 g/mol. The van der Waals surface area contributed by atoms with E-state index in [1.165, 1.54) is 28.0 Å². The van der Waals surface area contributed by atoms with Gasteiger partial charge in [0.25, 0.3) is 0 Å². The molecule has 2 nitrogen and oxygen atoms in total. The van der Waals surface area contributed by atoms with Crippen molar-refractivity contribution in [1.82, 2.24) is 10.2 Å². The molecular formula is C15H25BrN2S. The molecule has 0 aromatic carbocycles. The second-order valence-electron chi connectivity index (χ2n) is 5.93. The van der Waals surface area contributed by atoms with Gasteiger partial charge in [-0.15, -0.1) is 11.3 Å². The Morgan fingerprint density at radius 2 is 2.26 bits per heavy atom. The van der Waals surface area contributed by atoms with Gasteiger partial charge in [0.2, 0.25) is 0 Å². The van der Waals surface area contributed by atoms with Crippen molar-refractivity contribution in [2.75, 3.05) is 13.1 Å². The average molecular weight is 345 g/mol. The Balaban J connectivity index is 2.01. The first-order valence-electron chi connectivity index (χ1n) is 7.30. The summed E-state index contributed by atoms with van der Waals surface area (Å²) in [4.78, 5) is 4.15. The zero-order chi connectivity index (χ0) is 13.8. The number of nitrogens with zero attached hydrogens (tertiary/aromatic N) is 1. The van der Waals surface area contributed by atoms with Crippen molar-refractivity contribution >= 4 is 27.3 Å². The summed E-state index contributed by atoms with van der Waals surface area (Å²) < 4.78 is 1.24. The molecule has 4 heteroatoms. The third-order valence-electron chi connectivity index (χ3n) is 3.84. The van der Waals surface area contributed by atoms with E-state index < -0.39 is 0 Å². The lowest BCUT2D eigenvalue weighted by molar-refractivity contribution is 0.106. The topological polar surface area (TPSA) is 15.3 Å². The van der Waals surface area contributed by atoms with E-state index in [1.807, 2.05) is 11.3 Å². The Morgan fingerprint density at radius 1 is 1.47 bits per heavy atom. The van der Waals surface area contributed by atoms with Gasteiger partial charge in [-0.1, -0.05) is 20.8 Å². The summed E-state index contributed by atoms with van der Waals surface area (Å²) in [6, 6.07) is 5.76. The van der Waals surface area contributed by atoms with Crippen LogP contribution >= 0.6 is 27.3 Å². The summed E-state index contributed by atoms with van der Waals surface area (Å²) in [6.45, 7) is 10.4. The molecule has 1 aromatic heterocycles. The van der Waals surface area contributed by atoms with Crippen LogP contribution in [0.15, 0.2) is 15.9 Å². The summed E-state index contributed by atoms with van der Waals surface area (Å²) in [5.74, 6) is 0.766. The second kappa shape index (κ2) is 7.21. The minimum atomic E-state index is 0.659. The molecule has 0 bridgehead atoms. The summed E-state index contributed by atoms with van der Waals surface area (Å²) in [7, 11) is 0. The van der Waals surface area contributed by atoms with Gasteiger partial charge in [-0.25, -0.2) is 0 Å². The van der Waals surface area contributed by atoms with Crippen molar-refractivity contribution in [2.24, 2.45) is 5.92 Å². The molecule has 2 atom stereocenters. The molecule has 1 aliphatic rings. The van der Waals surface area contributed by atoms with Crippen LogP contribution in [0.1, 0.15) is 38.5 Å². The Bertz CT molecular complexity index is 391. The van der Waals surface area contributed by atoms with E-state index in [4.69, 9.17) is 0 Å². The lowest BCUT2D eigenvalue weighted by atomic mass is 9.98. The first kappa shape index (κ1) is 15.5. The fraction of sp³-hybridized carbons (Fsp3) is 0.733. The standard InChI is InChI=1S/C15H25BrN2S/c1-4-12-9-18(10-14-5-6-15(16)19-14)13(8-17-12)7-11(2)3/h5-6,11-13,17H,4,7-10H2,1-3H3. The van der Waals surface area contributed by atoms with Gasteiger partial charge in [0, 0.05) is 36.6 Å². The third kappa shape index (κ3) is 4.55. The van der Waals surface area contributed by atoms with Crippen LogP contribution in [-0.2, 0) is 6.54 Å². The number of hydrogen-bond acceptors (Lipinski definition) is 3. The van der Waals surface area contributed by atoms with E-state index >= 15 is 0 Å². The molecule has 2 heterocycles. The second-order valence-corrected chi connectivity index (χ2v) is 8.48. The highest BCUT2D eigenvalue weighted by molar-refractivity contribution is 9.11. The molecule has 2 unspecified atom stereocenters. The van der Waals surface area contributed by atoms with E-state index in [2.05, 4.69) is 59.1 Å². The lowest BCUT2D eigenvalue weighted by Crippen LogP contribution is -2.56. The molecule has 0 amide bonds. The molecule has 1 saturated heterocycles. The van der Waals surface area contributed by atoms with Crippen LogP contribution in [0.5, 0.6) is 0 Å². The number of halogens is 1. The van der Waals surface area contributed by atoms with Crippen molar-refractivity contribution < 1.29 is 0 Å². The minimum Gasteiger partial charge on any atom is -0.311 e. The van der Waals surface area contributed by atoms with Crippen molar-refractivity contribution in [3.63, 3.8) is 0 Å². The van der Waals surface area contributed by atoms with E-state index in [1.54, 1.807) is 0 Å². The molecule has 1 aromatic rings. The summed E-state index contributed by atoms with van der Waals surface area (Å²) >= 11 is 5.43. The van der Waals surface area contributed by atoms with Crippen LogP contribution < -0.4 is 5.32 Å². The largest absolute Gasteiger partial charge is 0.311 e. The van der Waals surface area contributed by atoms with Gasteiger partial charge in [0.15, 0.2) is 0 Å². The normalized spacial score (nSPS) is 25.1. The predicted molar refractivity (Wildman–Crippen MR) is 87.8 cm³/mol. The number of thiophene rings is 1. The molecule has 19 heavy (non-hydrogen) atoms. The predicted octanol–water partition coefficient (Wildman–Crippen LogP) is 4.11. The highest BCUT2D eigenvalue weighted by atomic mass is 79.9. The van der Waals surface area contributed by atoms with Crippen molar-refractivity contribution in [3.05, 3.63) is 20.8 Å². The maximum absolute atomic E-state index is 3.70. The Hall–Kier alpha value is 0.1000. The number of piperazine rings is 1. The molecule has 1 N–H and O–H groups in total. The van der Waals surface area contributed by atoms with Crippen LogP contribution in [0.2, 0.25) is 0 Å². The molecule has 0 spiro atoms. The van der Waals surface area contributed by atoms with Gasteiger partial charge in [-0.2, -0.15) is 0 Å². The molecule has 0 radical (unpaired) electrons. The summed E-state index contributed by atoms with van der Waals surface area (Å²) in [5.41, 5.74) is 0. The van der Waals surface area contributed by atoms with E-state index in [9.17, 15) is 0 Å². The van der Waals surface area contributed by atoms with Crippen molar-refractivity contribution in [2.45, 2.75) is 52.2 Å². The zero-order valence-electron chi connectivity index (χ0n) is 12.2. The van der Waals surface area contributed by atoms with Gasteiger partial charge in [0.05, 0.1) is 3.79 Å². The summed E-state index contributed by atoms with van der Waals surface area (Å²) in [5, 5.41) is 3.70. The highest BCUT2D eigenvalue weighted by Gasteiger charge is 2.27. The fourth-order valence-corrected chi connectivity index (χ4v) is 4.32. The first-order chi connectivity index (χ1) is 9.08. The van der Waals surface area contributed by atoms with Crippen LogP contribution in [0.4, 0.5) is 0 Å².